The van der Waals surface area contributed by atoms with Crippen LogP contribution in [0.5, 0.6) is 0 Å². The number of nitrogens with zero attached hydrogens (tertiary/aromatic N) is 3. The van der Waals surface area contributed by atoms with Crippen LogP contribution in [-0.4, -0.2) is 52.4 Å². The van der Waals surface area contributed by atoms with Crippen molar-refractivity contribution in [3.8, 4) is 0 Å². The molecule has 1 atom stereocenters. The van der Waals surface area contributed by atoms with E-state index in [2.05, 4.69) is 13.8 Å². The quantitative estimate of drug-likeness (QED) is 0.469. The molecule has 158 valence electrons. The lowest BCUT2D eigenvalue weighted by molar-refractivity contribution is -0.127. The van der Waals surface area contributed by atoms with Crippen LogP contribution in [0.4, 0.5) is 0 Å². The maximum Gasteiger partial charge on any atom is 0.263 e. The van der Waals surface area contributed by atoms with Crippen molar-refractivity contribution in [1.29, 1.82) is 0 Å². The molecule has 3 heterocycles. The van der Waals surface area contributed by atoms with Crippen LogP contribution in [0.15, 0.2) is 9.95 Å². The molecule has 2 aromatic rings. The molecule has 2 aromatic heterocycles. The lowest BCUT2D eigenvalue weighted by Crippen LogP contribution is -2.31. The van der Waals surface area contributed by atoms with E-state index < -0.39 is 0 Å². The van der Waals surface area contributed by atoms with E-state index in [0.29, 0.717) is 23.4 Å². The molecule has 8 heteroatoms. The van der Waals surface area contributed by atoms with Gasteiger partial charge in [-0.3, -0.25) is 14.2 Å². The third-order valence-corrected chi connectivity index (χ3v) is 7.82. The summed E-state index contributed by atoms with van der Waals surface area (Å²) in [6, 6.07) is 0. The number of rotatable bonds is 8. The summed E-state index contributed by atoms with van der Waals surface area (Å²) in [4.78, 5) is 34.6. The Morgan fingerprint density at radius 3 is 2.83 bits per heavy atom. The van der Waals surface area contributed by atoms with E-state index >= 15 is 0 Å². The fourth-order valence-electron chi connectivity index (χ4n) is 3.95. The van der Waals surface area contributed by atoms with Gasteiger partial charge in [-0.1, -0.05) is 18.7 Å². The van der Waals surface area contributed by atoms with Crippen LogP contribution in [0, 0.1) is 12.8 Å². The second-order valence-corrected chi connectivity index (χ2v) is 10.3. The molecule has 2 fully saturated rings. The molecule has 1 amide bonds. The standard InChI is InChI=1S/C21H29N3O3S2/c1-4-16-13(2)29-19-18(16)20(26)24(11-15-6-5-9-27-15)21(22-19)28-12-17(25)23(3)10-14-7-8-14/h14-15H,4-12H2,1-3H3. The number of hydrogen-bond acceptors (Lipinski definition) is 6. The lowest BCUT2D eigenvalue weighted by atomic mass is 10.1. The van der Waals surface area contributed by atoms with Gasteiger partial charge >= 0.3 is 0 Å². The van der Waals surface area contributed by atoms with Gasteiger partial charge in [0.2, 0.25) is 5.91 Å². The van der Waals surface area contributed by atoms with Gasteiger partial charge in [-0.15, -0.1) is 11.3 Å². The number of hydrogen-bond donors (Lipinski definition) is 0. The highest BCUT2D eigenvalue weighted by Gasteiger charge is 2.26. The van der Waals surface area contributed by atoms with Crippen LogP contribution in [0.3, 0.4) is 0 Å². The second-order valence-electron chi connectivity index (χ2n) is 8.12. The summed E-state index contributed by atoms with van der Waals surface area (Å²) in [6.07, 6.45) is 5.30. The summed E-state index contributed by atoms with van der Waals surface area (Å²) in [5.74, 6) is 1.07. The fraction of sp³-hybridized carbons (Fsp3) is 0.667. The van der Waals surface area contributed by atoms with E-state index in [1.807, 2.05) is 11.9 Å². The molecular formula is C21H29N3O3S2. The van der Waals surface area contributed by atoms with Gasteiger partial charge in [-0.05, 0) is 50.5 Å². The molecule has 2 aliphatic rings. The summed E-state index contributed by atoms with van der Waals surface area (Å²) < 4.78 is 7.54. The SMILES string of the molecule is CCc1c(C)sc2nc(SCC(=O)N(C)CC3CC3)n(CC3CCCO3)c(=O)c12. The highest BCUT2D eigenvalue weighted by Crippen LogP contribution is 2.31. The van der Waals surface area contributed by atoms with E-state index in [-0.39, 0.29) is 17.6 Å². The molecule has 1 unspecified atom stereocenters. The minimum Gasteiger partial charge on any atom is -0.376 e. The number of carbonyl (C=O) groups excluding carboxylic acids is 1. The van der Waals surface area contributed by atoms with E-state index in [4.69, 9.17) is 9.72 Å². The molecule has 1 aliphatic carbocycles. The molecule has 1 saturated heterocycles. The van der Waals surface area contributed by atoms with Gasteiger partial charge in [0.15, 0.2) is 5.16 Å². The predicted molar refractivity (Wildman–Crippen MR) is 118 cm³/mol. The van der Waals surface area contributed by atoms with Crippen LogP contribution in [0.2, 0.25) is 0 Å². The zero-order chi connectivity index (χ0) is 20.5. The van der Waals surface area contributed by atoms with Gasteiger partial charge in [0.25, 0.3) is 5.56 Å². The summed E-state index contributed by atoms with van der Waals surface area (Å²) in [6.45, 7) is 6.22. The Bertz CT molecular complexity index is 958. The fourth-order valence-corrected chi connectivity index (χ4v) is 6.05. The molecule has 1 saturated carbocycles. The van der Waals surface area contributed by atoms with Gasteiger partial charge in [0, 0.05) is 25.1 Å². The molecule has 0 spiro atoms. The number of thiophene rings is 1. The van der Waals surface area contributed by atoms with Crippen molar-refractivity contribution in [2.75, 3.05) is 26.0 Å². The van der Waals surface area contributed by atoms with Gasteiger partial charge in [-0.25, -0.2) is 4.98 Å². The Labute approximate surface area is 179 Å². The minimum absolute atomic E-state index is 0.00739. The lowest BCUT2D eigenvalue weighted by Gasteiger charge is -2.18. The van der Waals surface area contributed by atoms with Crippen molar-refractivity contribution in [3.05, 3.63) is 20.8 Å². The van der Waals surface area contributed by atoms with Gasteiger partial charge in [-0.2, -0.15) is 0 Å². The number of amides is 1. The van der Waals surface area contributed by atoms with Gasteiger partial charge in [0.05, 0.1) is 23.8 Å². The van der Waals surface area contributed by atoms with Gasteiger partial charge < -0.3 is 9.64 Å². The molecule has 4 rings (SSSR count). The topological polar surface area (TPSA) is 64.4 Å². The first-order chi connectivity index (χ1) is 14.0. The number of aryl methyl sites for hydroxylation is 2. The maximum atomic E-state index is 13.4. The number of fused-ring (bicyclic) bond motifs is 1. The summed E-state index contributed by atoms with van der Waals surface area (Å²) in [7, 11) is 1.87. The maximum absolute atomic E-state index is 13.4. The average Bonchev–Trinajstić information content (AvgIpc) is 3.24. The smallest absolute Gasteiger partial charge is 0.263 e. The molecule has 0 N–H and O–H groups in total. The van der Waals surface area contributed by atoms with Crippen molar-refractivity contribution >= 4 is 39.2 Å². The van der Waals surface area contributed by atoms with Crippen molar-refractivity contribution in [3.63, 3.8) is 0 Å². The van der Waals surface area contributed by atoms with Crippen LogP contribution in [-0.2, 0) is 22.5 Å². The van der Waals surface area contributed by atoms with Crippen LogP contribution in [0.1, 0.15) is 43.0 Å². The predicted octanol–water partition coefficient (Wildman–Crippen LogP) is 3.47. The zero-order valence-corrected chi connectivity index (χ0v) is 19.0. The number of thioether (sulfide) groups is 1. The third kappa shape index (κ3) is 4.54. The zero-order valence-electron chi connectivity index (χ0n) is 17.4. The summed E-state index contributed by atoms with van der Waals surface area (Å²) >= 11 is 2.95. The first-order valence-electron chi connectivity index (χ1n) is 10.5. The van der Waals surface area contributed by atoms with E-state index in [9.17, 15) is 9.59 Å². The third-order valence-electron chi connectivity index (χ3n) is 5.82. The molecule has 0 bridgehead atoms. The largest absolute Gasteiger partial charge is 0.376 e. The van der Waals surface area contributed by atoms with Crippen molar-refractivity contribution in [2.45, 2.75) is 63.8 Å². The summed E-state index contributed by atoms with van der Waals surface area (Å²) in [5, 5.41) is 1.38. The Morgan fingerprint density at radius 1 is 1.38 bits per heavy atom. The molecular weight excluding hydrogens is 406 g/mol. The van der Waals surface area contributed by atoms with Gasteiger partial charge in [0.1, 0.15) is 4.83 Å². The molecule has 0 aromatic carbocycles. The highest BCUT2D eigenvalue weighted by atomic mass is 32.2. The monoisotopic (exact) mass is 435 g/mol. The Balaban J connectivity index is 1.63. The van der Waals surface area contributed by atoms with E-state index in [1.165, 1.54) is 24.6 Å². The highest BCUT2D eigenvalue weighted by molar-refractivity contribution is 7.99. The number of aromatic nitrogens is 2. The van der Waals surface area contributed by atoms with Crippen molar-refractivity contribution in [2.24, 2.45) is 5.92 Å². The normalized spacial score (nSPS) is 19.2. The Morgan fingerprint density at radius 2 is 2.17 bits per heavy atom. The van der Waals surface area contributed by atoms with E-state index in [1.54, 1.807) is 15.9 Å². The van der Waals surface area contributed by atoms with Crippen LogP contribution >= 0.6 is 23.1 Å². The Hall–Kier alpha value is -1.38. The van der Waals surface area contributed by atoms with E-state index in [0.717, 1.165) is 53.1 Å². The van der Waals surface area contributed by atoms with Crippen molar-refractivity contribution in [1.82, 2.24) is 14.5 Å². The first-order valence-corrected chi connectivity index (χ1v) is 12.3. The second kappa shape index (κ2) is 8.78. The number of carbonyl (C=O) groups is 1. The average molecular weight is 436 g/mol. The van der Waals surface area contributed by atoms with Crippen molar-refractivity contribution < 1.29 is 9.53 Å². The van der Waals surface area contributed by atoms with Crippen LogP contribution in [0.25, 0.3) is 10.2 Å². The Kier molecular flexibility index (Phi) is 6.32. The summed E-state index contributed by atoms with van der Waals surface area (Å²) in [5.41, 5.74) is 1.10. The first kappa shape index (κ1) is 20.9. The minimum atomic E-state index is 0.00739. The molecule has 0 radical (unpaired) electrons. The molecule has 1 aliphatic heterocycles. The molecule has 6 nitrogen and oxygen atoms in total. The number of ether oxygens (including phenoxy) is 1. The van der Waals surface area contributed by atoms with Crippen LogP contribution < -0.4 is 5.56 Å². The molecule has 29 heavy (non-hydrogen) atoms.